The van der Waals surface area contributed by atoms with Crippen molar-refractivity contribution in [1.82, 2.24) is 15.3 Å². The van der Waals surface area contributed by atoms with Crippen LogP contribution < -0.4 is 21.7 Å². The van der Waals surface area contributed by atoms with E-state index < -0.39 is 0 Å². The minimum Gasteiger partial charge on any atom is -0.383 e. The molecule has 122 valence electrons. The quantitative estimate of drug-likeness (QED) is 0.787. The molecule has 1 aromatic carbocycles. The molecule has 0 spiro atoms. The summed E-state index contributed by atoms with van der Waals surface area (Å²) in [5.74, 6) is 0.887. The fraction of sp³-hybridized carbons (Fsp3) is 0.375. The Morgan fingerprint density at radius 1 is 1.30 bits per heavy atom. The minimum absolute atomic E-state index is 0.140. The zero-order valence-corrected chi connectivity index (χ0v) is 13.1. The molecular weight excluding hydrogens is 295 g/mol. The van der Waals surface area contributed by atoms with Crippen molar-refractivity contribution in [3.05, 3.63) is 41.2 Å². The highest BCUT2D eigenvalue weighted by Gasteiger charge is 2.23. The number of halogens is 1. The topological polar surface area (TPSA) is 93.1 Å². The first-order chi connectivity index (χ1) is 11.0. The molecule has 0 radical (unpaired) electrons. The van der Waals surface area contributed by atoms with E-state index in [1.54, 1.807) is 18.2 Å². The number of rotatable bonds is 3. The Kier molecular flexibility index (Phi) is 4.29. The molecule has 1 saturated heterocycles. The fourth-order valence-electron chi connectivity index (χ4n) is 2.89. The first kappa shape index (κ1) is 15.5. The van der Waals surface area contributed by atoms with Gasteiger partial charge in [-0.1, -0.05) is 18.2 Å². The van der Waals surface area contributed by atoms with Crippen molar-refractivity contribution in [2.24, 2.45) is 0 Å². The molecule has 7 heteroatoms. The molecule has 23 heavy (non-hydrogen) atoms. The van der Waals surface area contributed by atoms with E-state index in [-0.39, 0.29) is 11.8 Å². The summed E-state index contributed by atoms with van der Waals surface area (Å²) in [6.45, 7) is 4.55. The molecule has 1 aromatic heterocycles. The lowest BCUT2D eigenvalue weighted by molar-refractivity contribution is 0.481. The lowest BCUT2D eigenvalue weighted by atomic mass is 10.0. The summed E-state index contributed by atoms with van der Waals surface area (Å²) in [5.41, 5.74) is 13.1. The summed E-state index contributed by atoms with van der Waals surface area (Å²) in [5, 5.41) is 3.38. The number of nitrogens with zero attached hydrogens (tertiary/aromatic N) is 3. The predicted octanol–water partition coefficient (Wildman–Crippen LogP) is 1.17. The summed E-state index contributed by atoms with van der Waals surface area (Å²) in [6.07, 6.45) is 0.340. The smallest absolute Gasteiger partial charge is 0.223 e. The number of nitrogens with two attached hydrogens (primary N) is 2. The summed E-state index contributed by atoms with van der Waals surface area (Å²) >= 11 is 0. The molecule has 0 unspecified atom stereocenters. The van der Waals surface area contributed by atoms with Gasteiger partial charge in [0, 0.05) is 37.7 Å². The Balaban J connectivity index is 2.00. The minimum atomic E-state index is -0.261. The molecule has 5 N–H and O–H groups in total. The number of nitrogens with one attached hydrogen (secondary N) is 1. The Hall–Kier alpha value is -2.41. The van der Waals surface area contributed by atoms with Crippen LogP contribution in [0.3, 0.4) is 0 Å². The number of aromatic nitrogens is 2. The zero-order valence-electron chi connectivity index (χ0n) is 13.1. The van der Waals surface area contributed by atoms with Gasteiger partial charge in [0.15, 0.2) is 0 Å². The highest BCUT2D eigenvalue weighted by atomic mass is 19.1. The zero-order chi connectivity index (χ0) is 16.4. The highest BCUT2D eigenvalue weighted by Crippen LogP contribution is 2.28. The fourth-order valence-corrected chi connectivity index (χ4v) is 2.89. The van der Waals surface area contributed by atoms with Crippen molar-refractivity contribution < 1.29 is 4.39 Å². The van der Waals surface area contributed by atoms with Crippen LogP contribution in [0.5, 0.6) is 0 Å². The van der Waals surface area contributed by atoms with E-state index in [1.165, 1.54) is 6.07 Å². The van der Waals surface area contributed by atoms with Crippen LogP contribution in [0, 0.1) is 5.82 Å². The van der Waals surface area contributed by atoms with Crippen molar-refractivity contribution >= 4 is 17.6 Å². The summed E-state index contributed by atoms with van der Waals surface area (Å²) < 4.78 is 14.0. The molecule has 0 aliphatic carbocycles. The van der Waals surface area contributed by atoms with E-state index >= 15 is 0 Å². The summed E-state index contributed by atoms with van der Waals surface area (Å²) in [6, 6.07) is 6.99. The van der Waals surface area contributed by atoms with Gasteiger partial charge in [0.2, 0.25) is 5.95 Å². The maximum absolute atomic E-state index is 14.0. The molecule has 2 aromatic rings. The van der Waals surface area contributed by atoms with E-state index in [0.717, 1.165) is 25.2 Å². The molecule has 1 atom stereocenters. The van der Waals surface area contributed by atoms with Crippen LogP contribution >= 0.6 is 0 Å². The maximum Gasteiger partial charge on any atom is 0.223 e. The van der Waals surface area contributed by atoms with Crippen molar-refractivity contribution in [3.8, 4) is 0 Å². The van der Waals surface area contributed by atoms with Crippen molar-refractivity contribution in [2.45, 2.75) is 19.4 Å². The number of hydrogen-bond donors (Lipinski definition) is 3. The van der Waals surface area contributed by atoms with Gasteiger partial charge in [-0.2, -0.15) is 9.97 Å². The number of piperazine rings is 1. The maximum atomic E-state index is 14.0. The average Bonchev–Trinajstić information content (AvgIpc) is 2.51. The van der Waals surface area contributed by atoms with Gasteiger partial charge >= 0.3 is 0 Å². The van der Waals surface area contributed by atoms with Gasteiger partial charge in [0.25, 0.3) is 0 Å². The monoisotopic (exact) mass is 316 g/mol. The van der Waals surface area contributed by atoms with E-state index in [0.29, 0.717) is 29.7 Å². The normalized spacial score (nSPS) is 18.2. The van der Waals surface area contributed by atoms with Gasteiger partial charge < -0.3 is 21.7 Å². The van der Waals surface area contributed by atoms with Crippen LogP contribution in [0.4, 0.5) is 22.0 Å². The lowest BCUT2D eigenvalue weighted by Gasteiger charge is -2.34. The standard InChI is InChI=1S/C16H21FN6/c1-10-9-23(7-6-20-10)15-12(14(18)21-16(19)22-15)8-11-4-2-3-5-13(11)17/h2-5,10,20H,6-9H2,1H3,(H4,18,19,21,22)/t10-/m1/s1. The average molecular weight is 316 g/mol. The first-order valence-electron chi connectivity index (χ1n) is 7.68. The molecule has 2 heterocycles. The Morgan fingerprint density at radius 2 is 2.09 bits per heavy atom. The Morgan fingerprint density at radius 3 is 2.83 bits per heavy atom. The van der Waals surface area contributed by atoms with Crippen LogP contribution in [-0.2, 0) is 6.42 Å². The highest BCUT2D eigenvalue weighted by molar-refractivity contribution is 5.61. The van der Waals surface area contributed by atoms with Gasteiger partial charge in [0.1, 0.15) is 17.5 Å². The second kappa shape index (κ2) is 6.37. The van der Waals surface area contributed by atoms with Crippen molar-refractivity contribution in [3.63, 3.8) is 0 Å². The third kappa shape index (κ3) is 3.34. The molecule has 0 bridgehead atoms. The predicted molar refractivity (Wildman–Crippen MR) is 89.7 cm³/mol. The third-order valence-corrected chi connectivity index (χ3v) is 4.03. The number of hydrogen-bond acceptors (Lipinski definition) is 6. The lowest BCUT2D eigenvalue weighted by Crippen LogP contribution is -2.50. The number of benzene rings is 1. The van der Waals surface area contributed by atoms with Gasteiger partial charge in [-0.15, -0.1) is 0 Å². The van der Waals surface area contributed by atoms with Crippen LogP contribution in [-0.4, -0.2) is 35.6 Å². The summed E-state index contributed by atoms with van der Waals surface area (Å²) in [7, 11) is 0. The van der Waals surface area contributed by atoms with Crippen LogP contribution in [0.25, 0.3) is 0 Å². The molecule has 1 aliphatic heterocycles. The first-order valence-corrected chi connectivity index (χ1v) is 7.68. The van der Waals surface area contributed by atoms with Gasteiger partial charge in [-0.3, -0.25) is 0 Å². The second-order valence-corrected chi connectivity index (χ2v) is 5.84. The van der Waals surface area contributed by atoms with Crippen molar-refractivity contribution in [1.29, 1.82) is 0 Å². The number of anilines is 3. The molecular formula is C16H21FN6. The van der Waals surface area contributed by atoms with Crippen LogP contribution in [0.1, 0.15) is 18.1 Å². The number of nitrogen functional groups attached to an aromatic ring is 2. The SMILES string of the molecule is C[C@@H]1CN(c2nc(N)nc(N)c2Cc2ccccc2F)CCN1. The van der Waals surface area contributed by atoms with E-state index in [4.69, 9.17) is 11.5 Å². The Labute approximate surface area is 134 Å². The molecule has 1 aliphatic rings. The van der Waals surface area contributed by atoms with Crippen molar-refractivity contribution in [2.75, 3.05) is 36.0 Å². The van der Waals surface area contributed by atoms with E-state index in [9.17, 15) is 4.39 Å². The Bertz CT molecular complexity index is 705. The van der Waals surface area contributed by atoms with Gasteiger partial charge in [0.05, 0.1) is 0 Å². The van der Waals surface area contributed by atoms with E-state index in [2.05, 4.69) is 27.1 Å². The van der Waals surface area contributed by atoms with Crippen LogP contribution in [0.15, 0.2) is 24.3 Å². The van der Waals surface area contributed by atoms with Gasteiger partial charge in [-0.05, 0) is 18.6 Å². The largest absolute Gasteiger partial charge is 0.383 e. The third-order valence-electron chi connectivity index (χ3n) is 4.03. The molecule has 3 rings (SSSR count). The molecule has 0 saturated carbocycles. The molecule has 0 amide bonds. The second-order valence-electron chi connectivity index (χ2n) is 5.84. The molecule has 6 nitrogen and oxygen atoms in total. The van der Waals surface area contributed by atoms with Crippen LogP contribution in [0.2, 0.25) is 0 Å². The van der Waals surface area contributed by atoms with Gasteiger partial charge in [-0.25, -0.2) is 4.39 Å². The molecule has 1 fully saturated rings. The van der Waals surface area contributed by atoms with E-state index in [1.807, 2.05) is 0 Å². The summed E-state index contributed by atoms with van der Waals surface area (Å²) in [4.78, 5) is 10.6.